The van der Waals surface area contributed by atoms with E-state index in [0.29, 0.717) is 0 Å². The van der Waals surface area contributed by atoms with Gasteiger partial charge in [-0.25, -0.2) is 8.78 Å². The van der Waals surface area contributed by atoms with Gasteiger partial charge in [0.2, 0.25) is 5.91 Å². The van der Waals surface area contributed by atoms with Crippen LogP contribution in [-0.2, 0) is 11.2 Å². The first-order valence-corrected chi connectivity index (χ1v) is 7.98. The van der Waals surface area contributed by atoms with Crippen molar-refractivity contribution in [1.82, 2.24) is 4.90 Å². The molecule has 1 aromatic carbocycles. The van der Waals surface area contributed by atoms with Gasteiger partial charge in [0, 0.05) is 17.5 Å². The maximum atomic E-state index is 13.6. The third kappa shape index (κ3) is 2.89. The molecule has 2 aromatic rings. The molecule has 6 heteroatoms. The molecule has 0 saturated heterocycles. The molecule has 0 fully saturated rings. The van der Waals surface area contributed by atoms with Crippen molar-refractivity contribution < 1.29 is 13.6 Å². The van der Waals surface area contributed by atoms with Gasteiger partial charge in [-0.1, -0.05) is 6.07 Å². The number of para-hydroxylation sites is 1. The van der Waals surface area contributed by atoms with Crippen LogP contribution in [0.25, 0.3) is 0 Å². The first-order chi connectivity index (χ1) is 10.6. The standard InChI is InChI=1S/C16H16F2N2OS/c1-10-11-6-8-22-14(11)5-7-20(10)9-15(21)19-16-12(17)3-2-4-13(16)18/h2-4,6,8,10H,5,7,9H2,1H3,(H,19,21)/t10-/m0/s1. The van der Waals surface area contributed by atoms with E-state index in [1.54, 1.807) is 11.3 Å². The maximum Gasteiger partial charge on any atom is 0.238 e. The van der Waals surface area contributed by atoms with Crippen molar-refractivity contribution in [3.8, 4) is 0 Å². The van der Waals surface area contributed by atoms with Gasteiger partial charge in [0.25, 0.3) is 0 Å². The topological polar surface area (TPSA) is 32.3 Å². The van der Waals surface area contributed by atoms with Gasteiger partial charge >= 0.3 is 0 Å². The van der Waals surface area contributed by atoms with E-state index >= 15 is 0 Å². The zero-order valence-corrected chi connectivity index (χ0v) is 12.9. The summed E-state index contributed by atoms with van der Waals surface area (Å²) >= 11 is 1.73. The van der Waals surface area contributed by atoms with Gasteiger partial charge in [-0.3, -0.25) is 9.69 Å². The van der Waals surface area contributed by atoms with Crippen LogP contribution < -0.4 is 5.32 Å². The molecule has 0 saturated carbocycles. The molecule has 0 unspecified atom stereocenters. The van der Waals surface area contributed by atoms with Crippen LogP contribution in [0.4, 0.5) is 14.5 Å². The normalized spacial score (nSPS) is 18.0. The fourth-order valence-electron chi connectivity index (χ4n) is 2.76. The minimum atomic E-state index is -0.764. The van der Waals surface area contributed by atoms with Gasteiger partial charge in [-0.15, -0.1) is 11.3 Å². The molecule has 0 spiro atoms. The highest BCUT2D eigenvalue weighted by Crippen LogP contribution is 2.32. The number of fused-ring (bicyclic) bond motifs is 1. The maximum absolute atomic E-state index is 13.6. The Hall–Kier alpha value is -1.79. The summed E-state index contributed by atoms with van der Waals surface area (Å²) in [6, 6.07) is 5.72. The molecule has 1 amide bonds. The fourth-order valence-corrected chi connectivity index (χ4v) is 3.72. The summed E-state index contributed by atoms with van der Waals surface area (Å²) < 4.78 is 27.1. The molecule has 0 radical (unpaired) electrons. The second kappa shape index (κ2) is 6.14. The van der Waals surface area contributed by atoms with Crippen molar-refractivity contribution >= 4 is 22.9 Å². The van der Waals surface area contributed by atoms with Crippen molar-refractivity contribution in [3.05, 3.63) is 51.7 Å². The third-order valence-electron chi connectivity index (χ3n) is 3.98. The van der Waals surface area contributed by atoms with E-state index in [1.807, 2.05) is 11.8 Å². The number of amides is 1. The average molecular weight is 322 g/mol. The van der Waals surface area contributed by atoms with Crippen LogP contribution in [0.3, 0.4) is 0 Å². The van der Waals surface area contributed by atoms with Crippen molar-refractivity contribution in [2.45, 2.75) is 19.4 Å². The minimum absolute atomic E-state index is 0.115. The highest BCUT2D eigenvalue weighted by Gasteiger charge is 2.26. The van der Waals surface area contributed by atoms with Gasteiger partial charge in [-0.05, 0) is 42.5 Å². The van der Waals surface area contributed by atoms with Gasteiger partial charge in [0.1, 0.15) is 17.3 Å². The highest BCUT2D eigenvalue weighted by molar-refractivity contribution is 7.10. The van der Waals surface area contributed by atoms with E-state index in [1.165, 1.54) is 16.5 Å². The summed E-state index contributed by atoms with van der Waals surface area (Å²) in [5, 5.41) is 4.39. The number of nitrogens with zero attached hydrogens (tertiary/aromatic N) is 1. The van der Waals surface area contributed by atoms with Crippen LogP contribution in [0, 0.1) is 11.6 Å². The van der Waals surface area contributed by atoms with E-state index in [9.17, 15) is 13.6 Å². The Balaban J connectivity index is 1.68. The van der Waals surface area contributed by atoms with E-state index < -0.39 is 17.5 Å². The second-order valence-electron chi connectivity index (χ2n) is 5.34. The Labute approximate surface area is 131 Å². The molecule has 22 heavy (non-hydrogen) atoms. The Morgan fingerprint density at radius 3 is 2.82 bits per heavy atom. The largest absolute Gasteiger partial charge is 0.320 e. The Morgan fingerprint density at radius 1 is 1.36 bits per heavy atom. The molecule has 1 aliphatic heterocycles. The van der Waals surface area contributed by atoms with E-state index in [4.69, 9.17) is 0 Å². The molecular formula is C16H16F2N2OS. The Kier molecular flexibility index (Phi) is 4.22. The number of nitrogens with one attached hydrogen (secondary N) is 1. The molecule has 2 heterocycles. The van der Waals surface area contributed by atoms with Crippen molar-refractivity contribution in [2.24, 2.45) is 0 Å². The molecule has 0 bridgehead atoms. The smallest absolute Gasteiger partial charge is 0.238 e. The first-order valence-electron chi connectivity index (χ1n) is 7.10. The van der Waals surface area contributed by atoms with Crippen LogP contribution in [0.1, 0.15) is 23.4 Å². The monoisotopic (exact) mass is 322 g/mol. The minimum Gasteiger partial charge on any atom is -0.320 e. The van der Waals surface area contributed by atoms with Crippen LogP contribution >= 0.6 is 11.3 Å². The lowest BCUT2D eigenvalue weighted by Gasteiger charge is -2.32. The number of rotatable bonds is 3. The van der Waals surface area contributed by atoms with E-state index in [2.05, 4.69) is 16.8 Å². The SMILES string of the molecule is C[C@H]1c2ccsc2CCN1CC(=O)Nc1c(F)cccc1F. The highest BCUT2D eigenvalue weighted by atomic mass is 32.1. The second-order valence-corrected chi connectivity index (χ2v) is 6.34. The van der Waals surface area contributed by atoms with Gasteiger partial charge in [0.05, 0.1) is 6.54 Å². The lowest BCUT2D eigenvalue weighted by molar-refractivity contribution is -0.118. The van der Waals surface area contributed by atoms with Crippen LogP contribution in [0.15, 0.2) is 29.6 Å². The van der Waals surface area contributed by atoms with Crippen molar-refractivity contribution in [1.29, 1.82) is 0 Å². The van der Waals surface area contributed by atoms with Crippen molar-refractivity contribution in [2.75, 3.05) is 18.4 Å². The zero-order chi connectivity index (χ0) is 15.7. The van der Waals surface area contributed by atoms with Gasteiger partial charge in [-0.2, -0.15) is 0 Å². The summed E-state index contributed by atoms with van der Waals surface area (Å²) in [7, 11) is 0. The first kappa shape index (κ1) is 15.1. The molecule has 0 aliphatic carbocycles. The molecule has 116 valence electrons. The zero-order valence-electron chi connectivity index (χ0n) is 12.1. The molecular weight excluding hydrogens is 306 g/mol. The summed E-state index contributed by atoms with van der Waals surface area (Å²) in [5.41, 5.74) is 0.856. The number of thiophene rings is 1. The molecule has 3 nitrogen and oxygen atoms in total. The Bertz CT molecular complexity index is 681. The lowest BCUT2D eigenvalue weighted by Crippen LogP contribution is -2.39. The van der Waals surface area contributed by atoms with Gasteiger partial charge < -0.3 is 5.32 Å². The lowest BCUT2D eigenvalue weighted by atomic mass is 10.0. The van der Waals surface area contributed by atoms with Crippen molar-refractivity contribution in [3.63, 3.8) is 0 Å². The van der Waals surface area contributed by atoms with E-state index in [-0.39, 0.29) is 18.3 Å². The number of carbonyl (C=O) groups excluding carboxylic acids is 1. The van der Waals surface area contributed by atoms with Crippen LogP contribution in [-0.4, -0.2) is 23.9 Å². The van der Waals surface area contributed by atoms with E-state index in [0.717, 1.165) is 25.1 Å². The number of hydrogen-bond acceptors (Lipinski definition) is 3. The number of anilines is 1. The molecule has 3 rings (SSSR count). The summed E-state index contributed by atoms with van der Waals surface area (Å²) in [5.74, 6) is -1.94. The summed E-state index contributed by atoms with van der Waals surface area (Å²) in [6.07, 6.45) is 0.901. The number of hydrogen-bond donors (Lipinski definition) is 1. The average Bonchev–Trinajstić information content (AvgIpc) is 2.95. The molecule has 1 aromatic heterocycles. The van der Waals surface area contributed by atoms with Crippen LogP contribution in [0.2, 0.25) is 0 Å². The third-order valence-corrected chi connectivity index (χ3v) is 4.97. The summed E-state index contributed by atoms with van der Waals surface area (Å²) in [4.78, 5) is 15.5. The molecule has 1 N–H and O–H groups in total. The number of carbonyl (C=O) groups is 1. The summed E-state index contributed by atoms with van der Waals surface area (Å²) in [6.45, 7) is 2.92. The fraction of sp³-hybridized carbons (Fsp3) is 0.312. The number of benzene rings is 1. The molecule has 1 aliphatic rings. The van der Waals surface area contributed by atoms with Gasteiger partial charge in [0.15, 0.2) is 0 Å². The predicted molar refractivity (Wildman–Crippen MR) is 83.0 cm³/mol. The quantitative estimate of drug-likeness (QED) is 0.937. The molecule has 1 atom stereocenters. The predicted octanol–water partition coefficient (Wildman–Crippen LogP) is 3.58. The Morgan fingerprint density at radius 2 is 2.09 bits per heavy atom. The number of halogens is 2. The van der Waals surface area contributed by atoms with Crippen LogP contribution in [0.5, 0.6) is 0 Å².